The number of carbonyl (C=O) groups is 1. The van der Waals surface area contributed by atoms with Gasteiger partial charge in [-0.05, 0) is 103 Å². The van der Waals surface area contributed by atoms with Crippen LogP contribution in [0.25, 0.3) is 6.08 Å². The first-order valence-electron chi connectivity index (χ1n) is 7.68. The van der Waals surface area contributed by atoms with Crippen LogP contribution in [0.2, 0.25) is 0 Å². The average Bonchev–Trinajstić information content (AvgIpc) is 2.99. The van der Waals surface area contributed by atoms with Gasteiger partial charge in [-0.2, -0.15) is 5.10 Å². The van der Waals surface area contributed by atoms with Crippen LogP contribution in [0.4, 0.5) is 5.69 Å². The Bertz CT molecular complexity index is 1120. The highest BCUT2D eigenvalue weighted by atomic mass is 127. The van der Waals surface area contributed by atoms with Crippen molar-refractivity contribution in [2.75, 3.05) is 0 Å². The number of hydrogen-bond donors (Lipinski definition) is 2. The first-order valence-corrected chi connectivity index (χ1v) is 11.4. The lowest BCUT2D eigenvalue weighted by atomic mass is 10.2. The maximum absolute atomic E-state index is 12.1. The van der Waals surface area contributed by atoms with E-state index in [0.29, 0.717) is 24.1 Å². The molecule has 29 heavy (non-hydrogen) atoms. The number of phenolic OH excluding ortho intramolecular Hbond substituents is 1. The van der Waals surface area contributed by atoms with Gasteiger partial charge in [0, 0.05) is 15.2 Å². The first kappa shape index (κ1) is 22.2. The Balaban J connectivity index is 1.79. The standard InChI is InChI=1S/C17H9BrI2N4O4S/c18-11-2-1-8(3-13(11)24(27)28)4-14-16(26)22-17(29-14)23-21-7-9-5-10(19)6-12(20)15(9)25/h1-7,25H,(H,22,23,26)/b14-4+,21-7+. The van der Waals surface area contributed by atoms with Crippen molar-refractivity contribution in [2.45, 2.75) is 0 Å². The van der Waals surface area contributed by atoms with Gasteiger partial charge in [0.1, 0.15) is 5.75 Å². The summed E-state index contributed by atoms with van der Waals surface area (Å²) in [6.07, 6.45) is 2.94. The van der Waals surface area contributed by atoms with E-state index in [9.17, 15) is 20.0 Å². The number of nitrogens with zero attached hydrogens (tertiary/aromatic N) is 3. The van der Waals surface area contributed by atoms with Crippen molar-refractivity contribution in [3.63, 3.8) is 0 Å². The van der Waals surface area contributed by atoms with Crippen LogP contribution in [0, 0.1) is 17.3 Å². The summed E-state index contributed by atoms with van der Waals surface area (Å²) in [5.41, 5.74) is 0.937. The van der Waals surface area contributed by atoms with Crippen molar-refractivity contribution in [1.29, 1.82) is 0 Å². The third-order valence-electron chi connectivity index (χ3n) is 3.52. The molecule has 0 atom stereocenters. The largest absolute Gasteiger partial charge is 0.506 e. The Morgan fingerprint density at radius 3 is 2.76 bits per heavy atom. The van der Waals surface area contributed by atoms with Crippen molar-refractivity contribution in [1.82, 2.24) is 5.32 Å². The molecule has 12 heteroatoms. The highest BCUT2D eigenvalue weighted by molar-refractivity contribution is 14.1. The summed E-state index contributed by atoms with van der Waals surface area (Å²) in [5, 5.41) is 31.8. The molecule has 0 bridgehead atoms. The molecule has 148 valence electrons. The van der Waals surface area contributed by atoms with Gasteiger partial charge in [-0.15, -0.1) is 5.10 Å². The molecule has 1 heterocycles. The van der Waals surface area contributed by atoms with Crippen LogP contribution in [-0.4, -0.2) is 27.3 Å². The number of aromatic hydroxyl groups is 1. The molecule has 1 aliphatic heterocycles. The number of amides is 1. The lowest BCUT2D eigenvalue weighted by molar-refractivity contribution is -0.385. The van der Waals surface area contributed by atoms with Crippen LogP contribution < -0.4 is 5.32 Å². The Kier molecular flexibility index (Phi) is 7.28. The van der Waals surface area contributed by atoms with Crippen LogP contribution in [0.3, 0.4) is 0 Å². The van der Waals surface area contributed by atoms with Gasteiger partial charge in [0.05, 0.1) is 24.1 Å². The lowest BCUT2D eigenvalue weighted by Crippen LogP contribution is -2.19. The van der Waals surface area contributed by atoms with E-state index < -0.39 is 4.92 Å². The summed E-state index contributed by atoms with van der Waals surface area (Å²) >= 11 is 8.35. The third kappa shape index (κ3) is 5.55. The zero-order chi connectivity index (χ0) is 21.1. The van der Waals surface area contributed by atoms with E-state index in [1.54, 1.807) is 24.3 Å². The number of nitro benzene ring substituents is 1. The van der Waals surface area contributed by atoms with Gasteiger partial charge in [0.15, 0.2) is 5.17 Å². The molecule has 2 aromatic carbocycles. The summed E-state index contributed by atoms with van der Waals surface area (Å²) in [7, 11) is 0. The number of halogens is 3. The number of hydrogen-bond acceptors (Lipinski definition) is 7. The van der Waals surface area contributed by atoms with Gasteiger partial charge in [-0.25, -0.2) is 0 Å². The fraction of sp³-hybridized carbons (Fsp3) is 0. The summed E-state index contributed by atoms with van der Waals surface area (Å²) in [5.74, 6) is -0.267. The zero-order valence-electron chi connectivity index (χ0n) is 14.1. The first-order chi connectivity index (χ1) is 13.7. The molecule has 1 fully saturated rings. The van der Waals surface area contributed by atoms with Gasteiger partial charge >= 0.3 is 0 Å². The second kappa shape index (κ2) is 9.53. The number of benzene rings is 2. The summed E-state index contributed by atoms with van der Waals surface area (Å²) in [6.45, 7) is 0. The Morgan fingerprint density at radius 1 is 1.28 bits per heavy atom. The van der Waals surface area contributed by atoms with Crippen LogP contribution in [0.1, 0.15) is 11.1 Å². The summed E-state index contributed by atoms with van der Waals surface area (Å²) in [4.78, 5) is 23.0. The van der Waals surface area contributed by atoms with Gasteiger partial charge < -0.3 is 5.11 Å². The second-order valence-electron chi connectivity index (χ2n) is 5.51. The van der Waals surface area contributed by atoms with Crippen molar-refractivity contribution in [3.05, 3.63) is 68.1 Å². The molecule has 0 radical (unpaired) electrons. The molecule has 3 rings (SSSR count). The number of nitro groups is 1. The molecule has 1 amide bonds. The van der Waals surface area contributed by atoms with E-state index in [1.807, 2.05) is 28.7 Å². The van der Waals surface area contributed by atoms with E-state index >= 15 is 0 Å². The monoisotopic (exact) mass is 698 g/mol. The second-order valence-corrected chi connectivity index (χ2v) is 9.80. The number of amidine groups is 1. The van der Waals surface area contributed by atoms with E-state index in [0.717, 1.165) is 15.3 Å². The smallest absolute Gasteiger partial charge is 0.284 e. The van der Waals surface area contributed by atoms with Crippen LogP contribution in [0.15, 0.2) is 49.9 Å². The van der Waals surface area contributed by atoms with Gasteiger partial charge in [0.25, 0.3) is 11.6 Å². The molecule has 1 saturated heterocycles. The number of carbonyl (C=O) groups excluding carboxylic acids is 1. The molecule has 0 saturated carbocycles. The van der Waals surface area contributed by atoms with Crippen LogP contribution in [-0.2, 0) is 4.79 Å². The Labute approximate surface area is 204 Å². The predicted molar refractivity (Wildman–Crippen MR) is 133 cm³/mol. The zero-order valence-corrected chi connectivity index (χ0v) is 20.8. The van der Waals surface area contributed by atoms with Crippen molar-refractivity contribution >= 4 is 102 Å². The van der Waals surface area contributed by atoms with E-state index in [1.165, 1.54) is 12.3 Å². The van der Waals surface area contributed by atoms with Gasteiger partial charge in [-0.3, -0.25) is 20.2 Å². The Hall–Kier alpha value is -1.52. The summed E-state index contributed by atoms with van der Waals surface area (Å²) < 4.78 is 2.00. The third-order valence-corrected chi connectivity index (χ3v) is 6.53. The molecule has 0 spiro atoms. The minimum absolute atomic E-state index is 0.0896. The minimum Gasteiger partial charge on any atom is -0.506 e. The van der Waals surface area contributed by atoms with E-state index in [4.69, 9.17) is 0 Å². The maximum Gasteiger partial charge on any atom is 0.284 e. The van der Waals surface area contributed by atoms with Crippen LogP contribution >= 0.6 is 72.9 Å². The van der Waals surface area contributed by atoms with Crippen molar-refractivity contribution < 1.29 is 14.8 Å². The molecular weight excluding hydrogens is 690 g/mol. The Morgan fingerprint density at radius 2 is 2.03 bits per heavy atom. The molecule has 8 nitrogen and oxygen atoms in total. The van der Waals surface area contributed by atoms with E-state index in [2.05, 4.69) is 54.0 Å². The van der Waals surface area contributed by atoms with E-state index in [-0.39, 0.29) is 22.5 Å². The fourth-order valence-corrected chi connectivity index (χ4v) is 5.27. The van der Waals surface area contributed by atoms with Gasteiger partial charge in [0.2, 0.25) is 0 Å². The SMILES string of the molecule is O=C1N/C(=N\N=C\c2cc(I)cc(I)c2O)S/C1=C/c1ccc(Br)c([N+](=O)[O-])c1. The normalized spacial score (nSPS) is 16.7. The fourth-order valence-electron chi connectivity index (χ4n) is 2.21. The highest BCUT2D eigenvalue weighted by Gasteiger charge is 2.24. The average molecular weight is 699 g/mol. The molecule has 2 aromatic rings. The predicted octanol–water partition coefficient (Wildman–Crippen LogP) is 4.87. The summed E-state index contributed by atoms with van der Waals surface area (Å²) in [6, 6.07) is 8.17. The maximum atomic E-state index is 12.1. The number of phenols is 1. The molecule has 0 unspecified atom stereocenters. The number of nitrogens with one attached hydrogen (secondary N) is 1. The molecular formula is C17H9BrI2N4O4S. The molecule has 0 aliphatic carbocycles. The lowest BCUT2D eigenvalue weighted by Gasteiger charge is -2.01. The van der Waals surface area contributed by atoms with Crippen molar-refractivity contribution in [3.8, 4) is 5.75 Å². The molecule has 0 aromatic heterocycles. The minimum atomic E-state index is -0.503. The molecule has 2 N–H and O–H groups in total. The number of rotatable bonds is 4. The highest BCUT2D eigenvalue weighted by Crippen LogP contribution is 2.30. The quantitative estimate of drug-likeness (QED) is 0.156. The molecule has 1 aliphatic rings. The number of thioether (sulfide) groups is 1. The topological polar surface area (TPSA) is 117 Å². The van der Waals surface area contributed by atoms with Crippen LogP contribution in [0.5, 0.6) is 5.75 Å². The van der Waals surface area contributed by atoms with Gasteiger partial charge in [-0.1, -0.05) is 6.07 Å². The van der Waals surface area contributed by atoms with Crippen molar-refractivity contribution in [2.24, 2.45) is 10.2 Å².